The minimum atomic E-state index is -4.07. The van der Waals surface area contributed by atoms with Gasteiger partial charge in [-0.05, 0) is 38.0 Å². The molecule has 1 heterocycles. The van der Waals surface area contributed by atoms with Crippen LogP contribution >= 0.6 is 0 Å². The van der Waals surface area contributed by atoms with Crippen LogP contribution in [0.3, 0.4) is 0 Å². The highest BCUT2D eigenvalue weighted by molar-refractivity contribution is 7.86. The lowest BCUT2D eigenvalue weighted by molar-refractivity contribution is -0.135. The van der Waals surface area contributed by atoms with Crippen LogP contribution < -0.4 is 0 Å². The van der Waals surface area contributed by atoms with Gasteiger partial charge in [-0.25, -0.2) is 9.69 Å². The summed E-state index contributed by atoms with van der Waals surface area (Å²) in [6.45, 7) is 7.07. The second kappa shape index (κ2) is 9.83. The van der Waals surface area contributed by atoms with Crippen molar-refractivity contribution in [1.82, 2.24) is 4.90 Å². The fourth-order valence-electron chi connectivity index (χ4n) is 3.81. The molecule has 32 heavy (non-hydrogen) atoms. The zero-order valence-corrected chi connectivity index (χ0v) is 19.5. The second-order valence-electron chi connectivity index (χ2n) is 8.14. The standard InChI is InChI=1S/C24H29NO6S/c1-5-9-21(31-32(28,29)20-14-12-16(2)13-15-20)17(3)23(26)25-18(4)22(30-24(25)27)19-10-7-6-8-11-19/h6-8,10-15,17-18,21-22H,5,9H2,1-4H3/t17-,18-,21+,22-/m1/s1. The van der Waals surface area contributed by atoms with Gasteiger partial charge in [0.25, 0.3) is 10.1 Å². The van der Waals surface area contributed by atoms with Crippen LogP contribution in [0.15, 0.2) is 59.5 Å². The number of carbonyl (C=O) groups is 2. The molecule has 2 aromatic rings. The number of amides is 2. The van der Waals surface area contributed by atoms with Crippen LogP contribution in [0.4, 0.5) is 4.79 Å². The van der Waals surface area contributed by atoms with E-state index in [-0.39, 0.29) is 4.90 Å². The zero-order valence-electron chi connectivity index (χ0n) is 18.7. The van der Waals surface area contributed by atoms with Crippen molar-refractivity contribution in [3.63, 3.8) is 0 Å². The topological polar surface area (TPSA) is 90.0 Å². The van der Waals surface area contributed by atoms with Crippen LogP contribution in [0.25, 0.3) is 0 Å². The van der Waals surface area contributed by atoms with E-state index in [9.17, 15) is 18.0 Å². The highest BCUT2D eigenvalue weighted by atomic mass is 32.2. The van der Waals surface area contributed by atoms with Crippen molar-refractivity contribution in [2.75, 3.05) is 0 Å². The quantitative estimate of drug-likeness (QED) is 0.536. The first-order chi connectivity index (χ1) is 15.2. The van der Waals surface area contributed by atoms with E-state index in [0.29, 0.717) is 12.8 Å². The Kier molecular flexibility index (Phi) is 7.36. The second-order valence-corrected chi connectivity index (χ2v) is 9.72. The summed E-state index contributed by atoms with van der Waals surface area (Å²) in [5, 5.41) is 0. The van der Waals surface area contributed by atoms with Crippen LogP contribution in [-0.2, 0) is 23.8 Å². The summed E-state index contributed by atoms with van der Waals surface area (Å²) in [6, 6.07) is 15.0. The van der Waals surface area contributed by atoms with E-state index < -0.39 is 46.3 Å². The number of cyclic esters (lactones) is 1. The number of ether oxygens (including phenoxy) is 1. The molecule has 0 aromatic heterocycles. The molecule has 1 aliphatic rings. The SMILES string of the molecule is CCC[C@H](OS(=O)(=O)c1ccc(C)cc1)[C@@H](C)C(=O)N1C(=O)O[C@@H](c2ccccc2)[C@H]1C. The van der Waals surface area contributed by atoms with Gasteiger partial charge < -0.3 is 4.74 Å². The largest absolute Gasteiger partial charge is 0.439 e. The number of carbonyl (C=O) groups excluding carboxylic acids is 2. The molecule has 0 aliphatic carbocycles. The average Bonchev–Trinajstić information content (AvgIpc) is 3.07. The Balaban J connectivity index is 1.79. The molecule has 0 unspecified atom stereocenters. The highest BCUT2D eigenvalue weighted by Crippen LogP contribution is 2.34. The first-order valence-electron chi connectivity index (χ1n) is 10.7. The van der Waals surface area contributed by atoms with Gasteiger partial charge >= 0.3 is 6.09 Å². The number of imide groups is 1. The van der Waals surface area contributed by atoms with Crippen LogP contribution in [-0.4, -0.2) is 37.5 Å². The third kappa shape index (κ3) is 5.02. The maximum Gasteiger partial charge on any atom is 0.417 e. The van der Waals surface area contributed by atoms with Crippen LogP contribution in [0, 0.1) is 12.8 Å². The Hall–Kier alpha value is -2.71. The van der Waals surface area contributed by atoms with E-state index in [4.69, 9.17) is 8.92 Å². The molecule has 8 heteroatoms. The molecule has 1 fully saturated rings. The molecule has 2 amide bonds. The summed E-state index contributed by atoms with van der Waals surface area (Å²) in [4.78, 5) is 26.9. The lowest BCUT2D eigenvalue weighted by atomic mass is 9.97. The van der Waals surface area contributed by atoms with Gasteiger partial charge in [0, 0.05) is 0 Å². The predicted octanol–water partition coefficient (Wildman–Crippen LogP) is 4.61. The van der Waals surface area contributed by atoms with E-state index in [1.165, 1.54) is 12.1 Å². The lowest BCUT2D eigenvalue weighted by Gasteiger charge is -2.27. The molecule has 0 bridgehead atoms. The van der Waals surface area contributed by atoms with Gasteiger partial charge in [-0.15, -0.1) is 0 Å². The highest BCUT2D eigenvalue weighted by Gasteiger charge is 2.46. The third-order valence-corrected chi connectivity index (χ3v) is 7.07. The van der Waals surface area contributed by atoms with Crippen molar-refractivity contribution < 1.29 is 26.9 Å². The smallest absolute Gasteiger partial charge is 0.417 e. The summed E-state index contributed by atoms with van der Waals surface area (Å²) in [5.41, 5.74) is 1.71. The van der Waals surface area contributed by atoms with Gasteiger partial charge in [-0.3, -0.25) is 8.98 Å². The fraction of sp³-hybridized carbons (Fsp3) is 0.417. The van der Waals surface area contributed by atoms with Crippen molar-refractivity contribution in [3.8, 4) is 0 Å². The van der Waals surface area contributed by atoms with Gasteiger partial charge in [0.05, 0.1) is 23.0 Å². The van der Waals surface area contributed by atoms with Gasteiger partial charge in [-0.1, -0.05) is 68.3 Å². The third-order valence-electron chi connectivity index (χ3n) is 5.72. The van der Waals surface area contributed by atoms with E-state index in [2.05, 4.69) is 0 Å². The molecule has 0 radical (unpaired) electrons. The molecule has 172 valence electrons. The van der Waals surface area contributed by atoms with E-state index in [1.807, 2.05) is 44.2 Å². The zero-order chi connectivity index (χ0) is 23.5. The normalized spacial score (nSPS) is 20.6. The summed E-state index contributed by atoms with van der Waals surface area (Å²) < 4.78 is 36.6. The molecule has 2 aromatic carbocycles. The summed E-state index contributed by atoms with van der Waals surface area (Å²) in [5.74, 6) is -1.38. The molecular formula is C24H29NO6S. The summed E-state index contributed by atoms with van der Waals surface area (Å²) in [6.07, 6.45) is -1.27. The molecule has 0 N–H and O–H groups in total. The van der Waals surface area contributed by atoms with Crippen molar-refractivity contribution in [2.45, 2.75) is 63.7 Å². The van der Waals surface area contributed by atoms with Gasteiger partial charge in [0.15, 0.2) is 0 Å². The van der Waals surface area contributed by atoms with E-state index >= 15 is 0 Å². The molecule has 1 saturated heterocycles. The maximum absolute atomic E-state index is 13.3. The Labute approximate surface area is 189 Å². The minimum Gasteiger partial charge on any atom is -0.439 e. The molecule has 3 rings (SSSR count). The van der Waals surface area contributed by atoms with Crippen LogP contribution in [0.1, 0.15) is 50.8 Å². The number of aryl methyl sites for hydroxylation is 1. The lowest BCUT2D eigenvalue weighted by Crippen LogP contribution is -2.45. The monoisotopic (exact) mass is 459 g/mol. The van der Waals surface area contributed by atoms with Crippen molar-refractivity contribution >= 4 is 22.1 Å². The predicted molar refractivity (Wildman–Crippen MR) is 119 cm³/mol. The van der Waals surface area contributed by atoms with E-state index in [0.717, 1.165) is 16.0 Å². The minimum absolute atomic E-state index is 0.0296. The number of benzene rings is 2. The van der Waals surface area contributed by atoms with Crippen LogP contribution in [0.5, 0.6) is 0 Å². The van der Waals surface area contributed by atoms with Crippen molar-refractivity contribution in [2.24, 2.45) is 5.92 Å². The molecule has 1 aliphatic heterocycles. The Morgan fingerprint density at radius 3 is 2.34 bits per heavy atom. The van der Waals surface area contributed by atoms with Crippen molar-refractivity contribution in [1.29, 1.82) is 0 Å². The van der Waals surface area contributed by atoms with E-state index in [1.54, 1.807) is 26.0 Å². The number of nitrogens with zero attached hydrogens (tertiary/aromatic N) is 1. The van der Waals surface area contributed by atoms with Crippen molar-refractivity contribution in [3.05, 3.63) is 65.7 Å². The molecular weight excluding hydrogens is 430 g/mol. The summed E-state index contributed by atoms with van der Waals surface area (Å²) in [7, 11) is -4.07. The fourth-order valence-corrected chi connectivity index (χ4v) is 4.98. The Bertz CT molecular complexity index is 1050. The first-order valence-corrected chi connectivity index (χ1v) is 12.1. The summed E-state index contributed by atoms with van der Waals surface area (Å²) >= 11 is 0. The first kappa shape index (κ1) is 23.9. The van der Waals surface area contributed by atoms with Gasteiger partial charge in [0.1, 0.15) is 6.10 Å². The molecule has 7 nitrogen and oxygen atoms in total. The number of hydrogen-bond donors (Lipinski definition) is 0. The van der Waals surface area contributed by atoms with Gasteiger partial charge in [-0.2, -0.15) is 8.42 Å². The molecule has 0 spiro atoms. The average molecular weight is 460 g/mol. The maximum atomic E-state index is 13.3. The molecule has 4 atom stereocenters. The molecule has 0 saturated carbocycles. The Morgan fingerprint density at radius 2 is 1.75 bits per heavy atom. The Morgan fingerprint density at radius 1 is 1.12 bits per heavy atom. The number of hydrogen-bond acceptors (Lipinski definition) is 6. The van der Waals surface area contributed by atoms with Crippen LogP contribution in [0.2, 0.25) is 0 Å². The number of rotatable bonds is 8. The van der Waals surface area contributed by atoms with Gasteiger partial charge in [0.2, 0.25) is 5.91 Å².